The number of benzene rings is 1. The molecule has 1 aliphatic rings. The van der Waals surface area contributed by atoms with E-state index < -0.39 is 0 Å². The molecule has 138 valence electrons. The third kappa shape index (κ3) is 3.58. The average Bonchev–Trinajstić information content (AvgIpc) is 3.19. The van der Waals surface area contributed by atoms with Crippen LogP contribution in [-0.4, -0.2) is 39.0 Å². The van der Waals surface area contributed by atoms with Crippen LogP contribution in [0.25, 0.3) is 11.4 Å². The lowest BCUT2D eigenvalue weighted by Crippen LogP contribution is -2.39. The summed E-state index contributed by atoms with van der Waals surface area (Å²) in [7, 11) is 0. The number of carbonyl (C=O) groups excluding carboxylic acids is 1. The fraction of sp³-hybridized carbons (Fsp3) is 0.300. The van der Waals surface area contributed by atoms with Gasteiger partial charge in [0.25, 0.3) is 5.91 Å². The molecule has 27 heavy (non-hydrogen) atoms. The zero-order valence-corrected chi connectivity index (χ0v) is 14.9. The molecule has 1 atom stereocenters. The summed E-state index contributed by atoms with van der Waals surface area (Å²) in [6.45, 7) is 2.92. The fourth-order valence-electron chi connectivity index (χ4n) is 3.42. The number of hydrogen-bond donors (Lipinski definition) is 0. The fourth-order valence-corrected chi connectivity index (χ4v) is 3.42. The number of aromatic nitrogens is 3. The Morgan fingerprint density at radius 1 is 1.26 bits per heavy atom. The first-order valence-electron chi connectivity index (χ1n) is 8.91. The summed E-state index contributed by atoms with van der Waals surface area (Å²) in [4.78, 5) is 23.1. The summed E-state index contributed by atoms with van der Waals surface area (Å²) in [6, 6.07) is 7.89. The third-order valence-electron chi connectivity index (χ3n) is 4.86. The number of pyridine rings is 1. The molecule has 0 aliphatic carbocycles. The molecule has 2 aromatic heterocycles. The predicted molar refractivity (Wildman–Crippen MR) is 96.5 cm³/mol. The minimum atomic E-state index is -0.338. The number of carbonyl (C=O) groups is 1. The summed E-state index contributed by atoms with van der Waals surface area (Å²) in [6.07, 6.45) is 5.09. The van der Waals surface area contributed by atoms with Crippen LogP contribution in [0.5, 0.6) is 0 Å². The van der Waals surface area contributed by atoms with E-state index in [-0.39, 0.29) is 17.6 Å². The van der Waals surface area contributed by atoms with Crippen LogP contribution in [0.3, 0.4) is 0 Å². The molecular formula is C20H19FN4O2. The Hall–Kier alpha value is -3.09. The van der Waals surface area contributed by atoms with Crippen LogP contribution < -0.4 is 0 Å². The quantitative estimate of drug-likeness (QED) is 0.708. The average molecular weight is 366 g/mol. The molecule has 6 nitrogen and oxygen atoms in total. The van der Waals surface area contributed by atoms with Gasteiger partial charge in [0.05, 0.1) is 5.92 Å². The summed E-state index contributed by atoms with van der Waals surface area (Å²) >= 11 is 0. The van der Waals surface area contributed by atoms with Crippen molar-refractivity contribution in [2.75, 3.05) is 13.1 Å². The maximum Gasteiger partial charge on any atom is 0.254 e. The van der Waals surface area contributed by atoms with Crippen LogP contribution >= 0.6 is 0 Å². The van der Waals surface area contributed by atoms with Gasteiger partial charge in [-0.15, -0.1) is 0 Å². The second-order valence-corrected chi connectivity index (χ2v) is 6.74. The Labute approximate surface area is 156 Å². The number of amides is 1. The van der Waals surface area contributed by atoms with Gasteiger partial charge in [-0.3, -0.25) is 9.78 Å². The van der Waals surface area contributed by atoms with Gasteiger partial charge in [0, 0.05) is 36.6 Å². The Bertz CT molecular complexity index is 958. The second-order valence-electron chi connectivity index (χ2n) is 6.74. The highest BCUT2D eigenvalue weighted by Crippen LogP contribution is 2.28. The molecule has 1 saturated heterocycles. The first-order valence-corrected chi connectivity index (χ1v) is 8.91. The Morgan fingerprint density at radius 3 is 2.85 bits per heavy atom. The molecule has 1 aliphatic heterocycles. The molecule has 3 heterocycles. The number of hydrogen-bond acceptors (Lipinski definition) is 5. The standard InChI is InChI=1S/C20H19FN4O2/c1-13-11-16(21)4-5-17(13)20(26)25-10-2-3-15(12-25)19-23-18(24-27-19)14-6-8-22-9-7-14/h4-9,11,15H,2-3,10,12H2,1H3/t15-/m0/s1. The van der Waals surface area contributed by atoms with Gasteiger partial charge in [-0.05, 0) is 55.7 Å². The molecule has 1 aromatic carbocycles. The lowest BCUT2D eigenvalue weighted by Gasteiger charge is -2.31. The van der Waals surface area contributed by atoms with Crippen LogP contribution in [0.15, 0.2) is 47.2 Å². The van der Waals surface area contributed by atoms with Gasteiger partial charge in [-0.25, -0.2) is 4.39 Å². The highest BCUT2D eigenvalue weighted by molar-refractivity contribution is 5.95. The summed E-state index contributed by atoms with van der Waals surface area (Å²) < 4.78 is 18.8. The van der Waals surface area contributed by atoms with Crippen molar-refractivity contribution in [1.82, 2.24) is 20.0 Å². The molecule has 0 radical (unpaired) electrons. The Balaban J connectivity index is 1.51. The largest absolute Gasteiger partial charge is 0.339 e. The van der Waals surface area contributed by atoms with Gasteiger partial charge >= 0.3 is 0 Å². The van der Waals surface area contributed by atoms with Crippen molar-refractivity contribution < 1.29 is 13.7 Å². The van der Waals surface area contributed by atoms with Crippen molar-refractivity contribution in [3.05, 3.63) is 65.6 Å². The van der Waals surface area contributed by atoms with Crippen LogP contribution in [0.1, 0.15) is 40.6 Å². The smallest absolute Gasteiger partial charge is 0.254 e. The van der Waals surface area contributed by atoms with E-state index in [4.69, 9.17) is 4.52 Å². The van der Waals surface area contributed by atoms with Crippen LogP contribution in [0.4, 0.5) is 4.39 Å². The molecule has 1 fully saturated rings. The van der Waals surface area contributed by atoms with E-state index in [1.807, 2.05) is 12.1 Å². The van der Waals surface area contributed by atoms with Crippen LogP contribution in [0, 0.1) is 12.7 Å². The van der Waals surface area contributed by atoms with Crippen molar-refractivity contribution in [3.63, 3.8) is 0 Å². The number of piperidine rings is 1. The van der Waals surface area contributed by atoms with Gasteiger partial charge in [0.15, 0.2) is 0 Å². The first-order chi connectivity index (χ1) is 13.1. The van der Waals surface area contributed by atoms with E-state index in [0.29, 0.717) is 35.9 Å². The van der Waals surface area contributed by atoms with E-state index in [0.717, 1.165) is 18.4 Å². The topological polar surface area (TPSA) is 72.1 Å². The minimum Gasteiger partial charge on any atom is -0.339 e. The molecule has 0 saturated carbocycles. The SMILES string of the molecule is Cc1cc(F)ccc1C(=O)N1CCC[C@H](c2nc(-c3ccncc3)no2)C1. The maximum atomic E-state index is 13.3. The number of aryl methyl sites for hydroxylation is 1. The summed E-state index contributed by atoms with van der Waals surface area (Å²) in [5.41, 5.74) is 2.01. The lowest BCUT2D eigenvalue weighted by atomic mass is 9.96. The van der Waals surface area contributed by atoms with Crippen LogP contribution in [0.2, 0.25) is 0 Å². The highest BCUT2D eigenvalue weighted by atomic mass is 19.1. The third-order valence-corrected chi connectivity index (χ3v) is 4.86. The zero-order chi connectivity index (χ0) is 18.8. The molecule has 0 N–H and O–H groups in total. The molecule has 7 heteroatoms. The van der Waals surface area contributed by atoms with Gasteiger partial charge in [-0.1, -0.05) is 5.16 Å². The van der Waals surface area contributed by atoms with E-state index in [2.05, 4.69) is 15.1 Å². The number of nitrogens with zero attached hydrogens (tertiary/aromatic N) is 4. The van der Waals surface area contributed by atoms with Crippen molar-refractivity contribution in [2.45, 2.75) is 25.7 Å². The van der Waals surface area contributed by atoms with E-state index >= 15 is 0 Å². The monoisotopic (exact) mass is 366 g/mol. The van der Waals surface area contributed by atoms with E-state index in [9.17, 15) is 9.18 Å². The number of halogens is 1. The van der Waals surface area contributed by atoms with Crippen LogP contribution in [-0.2, 0) is 0 Å². The predicted octanol–water partition coefficient (Wildman–Crippen LogP) is 3.60. The van der Waals surface area contributed by atoms with Gasteiger partial charge in [0.2, 0.25) is 11.7 Å². The molecule has 3 aromatic rings. The Morgan fingerprint density at radius 2 is 2.07 bits per heavy atom. The normalized spacial score (nSPS) is 17.1. The van der Waals surface area contributed by atoms with Gasteiger partial charge in [-0.2, -0.15) is 4.98 Å². The molecule has 0 spiro atoms. The van der Waals surface area contributed by atoms with Crippen molar-refractivity contribution in [3.8, 4) is 11.4 Å². The first kappa shape index (κ1) is 17.3. The number of likely N-dealkylation sites (tertiary alicyclic amines) is 1. The van der Waals surface area contributed by atoms with Gasteiger partial charge in [0.1, 0.15) is 5.82 Å². The van der Waals surface area contributed by atoms with Crippen molar-refractivity contribution >= 4 is 5.91 Å². The van der Waals surface area contributed by atoms with Crippen molar-refractivity contribution in [1.29, 1.82) is 0 Å². The maximum absolute atomic E-state index is 13.3. The van der Waals surface area contributed by atoms with E-state index in [1.165, 1.54) is 12.1 Å². The molecule has 4 rings (SSSR count). The molecule has 0 unspecified atom stereocenters. The number of rotatable bonds is 3. The zero-order valence-electron chi connectivity index (χ0n) is 14.9. The lowest BCUT2D eigenvalue weighted by molar-refractivity contribution is 0.0695. The summed E-state index contributed by atoms with van der Waals surface area (Å²) in [5, 5.41) is 4.05. The molecule has 0 bridgehead atoms. The van der Waals surface area contributed by atoms with Gasteiger partial charge < -0.3 is 9.42 Å². The summed E-state index contributed by atoms with van der Waals surface area (Å²) in [5.74, 6) is 0.619. The minimum absolute atomic E-state index is 0.00783. The molecule has 1 amide bonds. The van der Waals surface area contributed by atoms with E-state index in [1.54, 1.807) is 30.3 Å². The Kier molecular flexibility index (Phi) is 4.66. The molecular weight excluding hydrogens is 347 g/mol. The second kappa shape index (κ2) is 7.26. The van der Waals surface area contributed by atoms with Crippen molar-refractivity contribution in [2.24, 2.45) is 0 Å². The highest BCUT2D eigenvalue weighted by Gasteiger charge is 2.29.